The standard InChI is InChI=1S/C22H22N6O2/c1-15-25-21(30-26-15)19-9-5-6-10-28(19)22(29)17-11-18-20(23-12-17)27(14-24-18)13-16-7-3-2-4-8-16/h2-4,7-8,11-12,14,19H,5-6,9-10,13H2,1H3. The average Bonchev–Trinajstić information content (AvgIpc) is 3.40. The van der Waals surface area contributed by atoms with Crippen LogP contribution < -0.4 is 0 Å². The number of aryl methyl sites for hydroxylation is 1. The average molecular weight is 402 g/mol. The lowest BCUT2D eigenvalue weighted by Crippen LogP contribution is -2.38. The first-order valence-electron chi connectivity index (χ1n) is 10.1. The van der Waals surface area contributed by atoms with Crippen molar-refractivity contribution in [3.63, 3.8) is 0 Å². The summed E-state index contributed by atoms with van der Waals surface area (Å²) in [6.45, 7) is 3.12. The van der Waals surface area contributed by atoms with E-state index in [0.29, 0.717) is 35.9 Å². The first-order chi connectivity index (χ1) is 14.7. The third-order valence-corrected chi connectivity index (χ3v) is 5.49. The van der Waals surface area contributed by atoms with Crippen LogP contribution in [0.4, 0.5) is 0 Å². The van der Waals surface area contributed by atoms with Crippen LogP contribution in [0.25, 0.3) is 11.2 Å². The second kappa shape index (κ2) is 7.70. The van der Waals surface area contributed by atoms with Gasteiger partial charge in [0.1, 0.15) is 11.6 Å². The normalized spacial score (nSPS) is 16.8. The second-order valence-electron chi connectivity index (χ2n) is 7.61. The van der Waals surface area contributed by atoms with Gasteiger partial charge in [-0.15, -0.1) is 0 Å². The van der Waals surface area contributed by atoms with Gasteiger partial charge < -0.3 is 14.0 Å². The summed E-state index contributed by atoms with van der Waals surface area (Å²) in [5.74, 6) is 0.999. The summed E-state index contributed by atoms with van der Waals surface area (Å²) in [4.78, 5) is 28.5. The van der Waals surface area contributed by atoms with Crippen molar-refractivity contribution in [1.82, 2.24) is 29.6 Å². The van der Waals surface area contributed by atoms with Crippen LogP contribution in [0, 0.1) is 6.92 Å². The van der Waals surface area contributed by atoms with E-state index >= 15 is 0 Å². The summed E-state index contributed by atoms with van der Waals surface area (Å²) in [7, 11) is 0. The molecule has 1 aliphatic heterocycles. The molecule has 1 aliphatic rings. The van der Waals surface area contributed by atoms with Gasteiger partial charge in [-0.05, 0) is 37.8 Å². The van der Waals surface area contributed by atoms with Gasteiger partial charge in [0, 0.05) is 12.7 Å². The Kier molecular flexibility index (Phi) is 4.74. The number of piperidine rings is 1. The number of imidazole rings is 1. The Morgan fingerprint density at radius 3 is 2.87 bits per heavy atom. The molecule has 4 aromatic rings. The minimum atomic E-state index is -0.196. The van der Waals surface area contributed by atoms with Crippen molar-refractivity contribution >= 4 is 17.1 Å². The zero-order chi connectivity index (χ0) is 20.5. The van der Waals surface area contributed by atoms with E-state index in [1.807, 2.05) is 33.7 Å². The van der Waals surface area contributed by atoms with Crippen molar-refractivity contribution in [2.24, 2.45) is 0 Å². The Morgan fingerprint density at radius 2 is 2.07 bits per heavy atom. The molecule has 1 unspecified atom stereocenters. The molecule has 0 aliphatic carbocycles. The van der Waals surface area contributed by atoms with Gasteiger partial charge in [-0.25, -0.2) is 9.97 Å². The topological polar surface area (TPSA) is 89.9 Å². The number of benzene rings is 1. The van der Waals surface area contributed by atoms with E-state index in [-0.39, 0.29) is 11.9 Å². The van der Waals surface area contributed by atoms with Crippen LogP contribution in [0.2, 0.25) is 0 Å². The number of carbonyl (C=O) groups is 1. The number of rotatable bonds is 4. The van der Waals surface area contributed by atoms with E-state index < -0.39 is 0 Å². The molecule has 30 heavy (non-hydrogen) atoms. The molecule has 152 valence electrons. The van der Waals surface area contributed by atoms with Gasteiger partial charge >= 0.3 is 0 Å². The molecule has 1 aromatic carbocycles. The van der Waals surface area contributed by atoms with Gasteiger partial charge in [0.25, 0.3) is 5.91 Å². The Bertz CT molecular complexity index is 1180. The fourth-order valence-electron chi connectivity index (χ4n) is 4.01. The van der Waals surface area contributed by atoms with Gasteiger partial charge in [0.15, 0.2) is 11.5 Å². The summed E-state index contributed by atoms with van der Waals surface area (Å²) >= 11 is 0. The van der Waals surface area contributed by atoms with E-state index in [1.54, 1.807) is 19.4 Å². The Labute approximate surface area is 173 Å². The lowest BCUT2D eigenvalue weighted by Gasteiger charge is -2.33. The van der Waals surface area contributed by atoms with Gasteiger partial charge in [0.05, 0.1) is 18.4 Å². The zero-order valence-corrected chi connectivity index (χ0v) is 16.7. The van der Waals surface area contributed by atoms with Gasteiger partial charge in [-0.2, -0.15) is 4.98 Å². The molecule has 1 atom stereocenters. The fourth-order valence-corrected chi connectivity index (χ4v) is 4.01. The Morgan fingerprint density at radius 1 is 1.20 bits per heavy atom. The molecule has 5 rings (SSSR count). The lowest BCUT2D eigenvalue weighted by atomic mass is 10.0. The largest absolute Gasteiger partial charge is 0.337 e. The van der Waals surface area contributed by atoms with Crippen LogP contribution >= 0.6 is 0 Å². The van der Waals surface area contributed by atoms with Crippen LogP contribution in [-0.2, 0) is 6.54 Å². The highest BCUT2D eigenvalue weighted by Gasteiger charge is 2.32. The minimum absolute atomic E-state index is 0.0810. The number of nitrogens with zero attached hydrogens (tertiary/aromatic N) is 6. The Balaban J connectivity index is 1.42. The Hall–Kier alpha value is -3.55. The van der Waals surface area contributed by atoms with Crippen LogP contribution in [0.5, 0.6) is 0 Å². The molecule has 0 N–H and O–H groups in total. The molecule has 8 heteroatoms. The molecular weight excluding hydrogens is 380 g/mol. The lowest BCUT2D eigenvalue weighted by molar-refractivity contribution is 0.0561. The van der Waals surface area contributed by atoms with Crippen LogP contribution in [0.3, 0.4) is 0 Å². The van der Waals surface area contributed by atoms with Crippen LogP contribution in [-0.4, -0.2) is 42.0 Å². The molecule has 0 spiro atoms. The summed E-state index contributed by atoms with van der Waals surface area (Å²) in [6.07, 6.45) is 6.20. The minimum Gasteiger partial charge on any atom is -0.337 e. The number of carbonyl (C=O) groups excluding carboxylic acids is 1. The summed E-state index contributed by atoms with van der Waals surface area (Å²) < 4.78 is 7.35. The molecule has 0 saturated carbocycles. The SMILES string of the molecule is Cc1noc(C2CCCCN2C(=O)c2cnc3c(c2)ncn3Cc2ccccc2)n1. The van der Waals surface area contributed by atoms with E-state index in [9.17, 15) is 4.79 Å². The number of amides is 1. The van der Waals surface area contributed by atoms with E-state index in [4.69, 9.17) is 4.52 Å². The quantitative estimate of drug-likeness (QED) is 0.519. The number of fused-ring (bicyclic) bond motifs is 1. The third kappa shape index (κ3) is 3.45. The molecule has 1 fully saturated rings. The van der Waals surface area contributed by atoms with E-state index in [2.05, 4.69) is 32.2 Å². The van der Waals surface area contributed by atoms with Crippen LogP contribution in [0.15, 0.2) is 53.4 Å². The monoisotopic (exact) mass is 402 g/mol. The number of likely N-dealkylation sites (tertiary alicyclic amines) is 1. The van der Waals surface area contributed by atoms with E-state index in [0.717, 1.165) is 24.9 Å². The van der Waals surface area contributed by atoms with Crippen molar-refractivity contribution in [2.45, 2.75) is 38.8 Å². The fraction of sp³-hybridized carbons (Fsp3) is 0.318. The van der Waals surface area contributed by atoms with Crippen LogP contribution in [0.1, 0.15) is 52.9 Å². The molecule has 8 nitrogen and oxygen atoms in total. The highest BCUT2D eigenvalue weighted by molar-refractivity contribution is 5.96. The zero-order valence-electron chi connectivity index (χ0n) is 16.7. The number of aromatic nitrogens is 5. The number of pyridine rings is 1. The number of hydrogen-bond acceptors (Lipinski definition) is 6. The van der Waals surface area contributed by atoms with Crippen molar-refractivity contribution < 1.29 is 9.32 Å². The van der Waals surface area contributed by atoms with E-state index in [1.165, 1.54) is 5.56 Å². The van der Waals surface area contributed by atoms with Crippen molar-refractivity contribution in [1.29, 1.82) is 0 Å². The first-order valence-corrected chi connectivity index (χ1v) is 10.1. The number of hydrogen-bond donors (Lipinski definition) is 0. The molecule has 0 radical (unpaired) electrons. The maximum Gasteiger partial charge on any atom is 0.256 e. The third-order valence-electron chi connectivity index (χ3n) is 5.49. The molecule has 1 amide bonds. The summed E-state index contributed by atoms with van der Waals surface area (Å²) in [6, 6.07) is 11.8. The maximum atomic E-state index is 13.3. The molecule has 3 aromatic heterocycles. The van der Waals surface area contributed by atoms with Gasteiger partial charge in [-0.1, -0.05) is 35.5 Å². The summed E-state index contributed by atoms with van der Waals surface area (Å²) in [5, 5.41) is 3.89. The van der Waals surface area contributed by atoms with Crippen molar-refractivity contribution in [3.05, 3.63) is 71.8 Å². The first kappa shape index (κ1) is 18.5. The van der Waals surface area contributed by atoms with Gasteiger partial charge in [-0.3, -0.25) is 4.79 Å². The molecule has 0 bridgehead atoms. The maximum absolute atomic E-state index is 13.3. The molecular formula is C22H22N6O2. The van der Waals surface area contributed by atoms with Gasteiger partial charge in [0.2, 0.25) is 5.89 Å². The highest BCUT2D eigenvalue weighted by Crippen LogP contribution is 2.31. The predicted molar refractivity (Wildman–Crippen MR) is 110 cm³/mol. The summed E-state index contributed by atoms with van der Waals surface area (Å²) in [5.41, 5.74) is 3.16. The van der Waals surface area contributed by atoms with Crippen molar-refractivity contribution in [3.8, 4) is 0 Å². The smallest absolute Gasteiger partial charge is 0.256 e. The van der Waals surface area contributed by atoms with Crippen molar-refractivity contribution in [2.75, 3.05) is 6.54 Å². The predicted octanol–water partition coefficient (Wildman–Crippen LogP) is 3.54. The molecule has 4 heterocycles. The highest BCUT2D eigenvalue weighted by atomic mass is 16.5. The second-order valence-corrected chi connectivity index (χ2v) is 7.61. The molecule has 1 saturated heterocycles.